The van der Waals surface area contributed by atoms with E-state index in [1.807, 2.05) is 12.1 Å². The van der Waals surface area contributed by atoms with E-state index >= 15 is 0 Å². The van der Waals surface area contributed by atoms with Gasteiger partial charge >= 0.3 is 0 Å². The van der Waals surface area contributed by atoms with Crippen molar-refractivity contribution in [2.75, 3.05) is 6.61 Å². The highest BCUT2D eigenvalue weighted by Gasteiger charge is 2.33. The van der Waals surface area contributed by atoms with Gasteiger partial charge in [-0.25, -0.2) is 0 Å². The maximum absolute atomic E-state index is 9.37. The van der Waals surface area contributed by atoms with Gasteiger partial charge in [0.1, 0.15) is 5.76 Å². The second-order valence-electron chi connectivity index (χ2n) is 4.12. The third kappa shape index (κ3) is 1.78. The van der Waals surface area contributed by atoms with Gasteiger partial charge in [-0.05, 0) is 25.0 Å². The molecule has 0 aliphatic heterocycles. The minimum atomic E-state index is 0.123. The van der Waals surface area contributed by atoms with Crippen molar-refractivity contribution in [3.8, 4) is 0 Å². The first-order chi connectivity index (χ1) is 6.35. The average Bonchev–Trinajstić information content (AvgIpc) is 2.77. The Bertz CT molecular complexity index is 245. The van der Waals surface area contributed by atoms with Crippen LogP contribution in [-0.4, -0.2) is 11.7 Å². The Balaban J connectivity index is 2.06. The van der Waals surface area contributed by atoms with Gasteiger partial charge in [-0.3, -0.25) is 0 Å². The summed E-state index contributed by atoms with van der Waals surface area (Å²) < 4.78 is 5.31. The van der Waals surface area contributed by atoms with Crippen LogP contribution in [0.2, 0.25) is 0 Å². The van der Waals surface area contributed by atoms with Crippen LogP contribution in [0.15, 0.2) is 22.8 Å². The second kappa shape index (κ2) is 3.54. The zero-order valence-electron chi connectivity index (χ0n) is 7.83. The van der Waals surface area contributed by atoms with Gasteiger partial charge in [-0.2, -0.15) is 0 Å². The number of furan rings is 1. The first-order valence-corrected chi connectivity index (χ1v) is 4.98. The molecule has 0 bridgehead atoms. The summed E-state index contributed by atoms with van der Waals surface area (Å²) in [7, 11) is 0. The van der Waals surface area contributed by atoms with Crippen molar-refractivity contribution in [2.45, 2.75) is 32.1 Å². The second-order valence-corrected chi connectivity index (χ2v) is 4.12. The number of rotatable bonds is 3. The smallest absolute Gasteiger partial charge is 0.104 e. The van der Waals surface area contributed by atoms with Crippen LogP contribution in [0, 0.1) is 5.41 Å². The van der Waals surface area contributed by atoms with Crippen LogP contribution >= 0.6 is 0 Å². The zero-order valence-corrected chi connectivity index (χ0v) is 7.83. The predicted molar refractivity (Wildman–Crippen MR) is 50.4 cm³/mol. The molecule has 1 saturated carbocycles. The van der Waals surface area contributed by atoms with Crippen molar-refractivity contribution < 1.29 is 9.52 Å². The third-order valence-corrected chi connectivity index (χ3v) is 3.13. The SMILES string of the molecule is OCC1(Cc2ccco2)CCCC1. The molecule has 0 unspecified atom stereocenters. The molecule has 13 heavy (non-hydrogen) atoms. The molecule has 0 radical (unpaired) electrons. The Hall–Kier alpha value is -0.760. The normalized spacial score (nSPS) is 20.7. The zero-order chi connectivity index (χ0) is 9.15. The number of aliphatic hydroxyl groups is 1. The lowest BCUT2D eigenvalue weighted by Gasteiger charge is -2.24. The van der Waals surface area contributed by atoms with Gasteiger partial charge in [0.2, 0.25) is 0 Å². The van der Waals surface area contributed by atoms with Crippen molar-refractivity contribution >= 4 is 0 Å². The summed E-state index contributed by atoms with van der Waals surface area (Å²) in [5.41, 5.74) is 0.123. The Morgan fingerprint density at radius 3 is 2.69 bits per heavy atom. The van der Waals surface area contributed by atoms with Gasteiger partial charge < -0.3 is 9.52 Å². The summed E-state index contributed by atoms with van der Waals surface area (Å²) in [6.45, 7) is 0.299. The van der Waals surface area contributed by atoms with Crippen LogP contribution in [0.3, 0.4) is 0 Å². The summed E-state index contributed by atoms with van der Waals surface area (Å²) in [5, 5.41) is 9.37. The first kappa shape index (κ1) is 8.82. The minimum Gasteiger partial charge on any atom is -0.469 e. The molecule has 2 rings (SSSR count). The summed E-state index contributed by atoms with van der Waals surface area (Å²) in [5.74, 6) is 1.01. The molecule has 1 aromatic heterocycles. The molecule has 2 nitrogen and oxygen atoms in total. The highest BCUT2D eigenvalue weighted by Crippen LogP contribution is 2.40. The maximum Gasteiger partial charge on any atom is 0.104 e. The summed E-state index contributed by atoms with van der Waals surface area (Å²) in [6, 6.07) is 3.91. The predicted octanol–water partition coefficient (Wildman–Crippen LogP) is 2.37. The number of aliphatic hydroxyl groups excluding tert-OH is 1. The monoisotopic (exact) mass is 180 g/mol. The van der Waals surface area contributed by atoms with Crippen molar-refractivity contribution in [3.05, 3.63) is 24.2 Å². The number of hydrogen-bond donors (Lipinski definition) is 1. The first-order valence-electron chi connectivity index (χ1n) is 4.98. The standard InChI is InChI=1S/C11H16O2/c12-9-11(5-1-2-6-11)8-10-4-3-7-13-10/h3-4,7,12H,1-2,5-6,8-9H2. The van der Waals surface area contributed by atoms with Crippen molar-refractivity contribution in [2.24, 2.45) is 5.41 Å². The van der Waals surface area contributed by atoms with E-state index in [0.29, 0.717) is 6.61 Å². The van der Waals surface area contributed by atoms with E-state index in [0.717, 1.165) is 25.0 Å². The Labute approximate surface area is 78.6 Å². The molecular formula is C11H16O2. The van der Waals surface area contributed by atoms with E-state index in [2.05, 4.69) is 0 Å². The lowest BCUT2D eigenvalue weighted by atomic mass is 9.83. The van der Waals surface area contributed by atoms with Crippen LogP contribution in [0.1, 0.15) is 31.4 Å². The molecule has 2 heteroatoms. The van der Waals surface area contributed by atoms with Crippen LogP contribution < -0.4 is 0 Å². The van der Waals surface area contributed by atoms with E-state index in [1.54, 1.807) is 6.26 Å². The van der Waals surface area contributed by atoms with Crippen LogP contribution in [0.5, 0.6) is 0 Å². The molecule has 0 aromatic carbocycles. The third-order valence-electron chi connectivity index (χ3n) is 3.13. The van der Waals surface area contributed by atoms with E-state index in [9.17, 15) is 5.11 Å². The molecule has 72 valence electrons. The van der Waals surface area contributed by atoms with Crippen LogP contribution in [-0.2, 0) is 6.42 Å². The van der Waals surface area contributed by atoms with Crippen LogP contribution in [0.4, 0.5) is 0 Å². The van der Waals surface area contributed by atoms with Gasteiger partial charge in [-0.1, -0.05) is 12.8 Å². The molecule has 1 aliphatic carbocycles. The molecule has 0 saturated heterocycles. The van der Waals surface area contributed by atoms with E-state index in [1.165, 1.54) is 12.8 Å². The molecule has 1 aliphatic rings. The molecule has 1 heterocycles. The number of hydrogen-bond acceptors (Lipinski definition) is 2. The van der Waals surface area contributed by atoms with Crippen molar-refractivity contribution in [1.29, 1.82) is 0 Å². The lowest BCUT2D eigenvalue weighted by Crippen LogP contribution is -2.23. The molecule has 0 atom stereocenters. The fourth-order valence-electron chi connectivity index (χ4n) is 2.30. The Morgan fingerprint density at radius 1 is 1.38 bits per heavy atom. The summed E-state index contributed by atoms with van der Waals surface area (Å²) >= 11 is 0. The van der Waals surface area contributed by atoms with Gasteiger partial charge in [-0.15, -0.1) is 0 Å². The van der Waals surface area contributed by atoms with Gasteiger partial charge in [0.05, 0.1) is 6.26 Å². The van der Waals surface area contributed by atoms with E-state index in [-0.39, 0.29) is 5.41 Å². The van der Waals surface area contributed by atoms with Gasteiger partial charge in [0, 0.05) is 18.4 Å². The summed E-state index contributed by atoms with van der Waals surface area (Å²) in [4.78, 5) is 0. The molecule has 1 fully saturated rings. The summed E-state index contributed by atoms with van der Waals surface area (Å²) in [6.07, 6.45) is 7.39. The quantitative estimate of drug-likeness (QED) is 0.774. The Morgan fingerprint density at radius 2 is 2.15 bits per heavy atom. The molecular weight excluding hydrogens is 164 g/mol. The highest BCUT2D eigenvalue weighted by molar-refractivity contribution is 5.03. The Kier molecular flexibility index (Phi) is 2.40. The molecule has 0 amide bonds. The van der Waals surface area contributed by atoms with Crippen LogP contribution in [0.25, 0.3) is 0 Å². The fourth-order valence-corrected chi connectivity index (χ4v) is 2.30. The fraction of sp³-hybridized carbons (Fsp3) is 0.636. The van der Waals surface area contributed by atoms with E-state index in [4.69, 9.17) is 4.42 Å². The maximum atomic E-state index is 9.37. The molecule has 0 spiro atoms. The molecule has 1 N–H and O–H groups in total. The van der Waals surface area contributed by atoms with Crippen molar-refractivity contribution in [1.82, 2.24) is 0 Å². The average molecular weight is 180 g/mol. The van der Waals surface area contributed by atoms with Gasteiger partial charge in [0.25, 0.3) is 0 Å². The van der Waals surface area contributed by atoms with Gasteiger partial charge in [0.15, 0.2) is 0 Å². The topological polar surface area (TPSA) is 33.4 Å². The minimum absolute atomic E-state index is 0.123. The largest absolute Gasteiger partial charge is 0.469 e. The lowest BCUT2D eigenvalue weighted by molar-refractivity contribution is 0.124. The highest BCUT2D eigenvalue weighted by atomic mass is 16.3. The van der Waals surface area contributed by atoms with Crippen molar-refractivity contribution in [3.63, 3.8) is 0 Å². The molecule has 1 aromatic rings. The van der Waals surface area contributed by atoms with E-state index < -0.39 is 0 Å².